The molecule has 2 amide bonds. The Kier molecular flexibility index (Phi) is 5.99. The van der Waals surface area contributed by atoms with Gasteiger partial charge in [0.25, 0.3) is 0 Å². The smallest absolute Gasteiger partial charge is 0.318 e. The molecule has 3 fully saturated rings. The first-order valence-electron chi connectivity index (χ1n) is 10.2. The second-order valence-corrected chi connectivity index (χ2v) is 7.71. The van der Waals surface area contributed by atoms with Gasteiger partial charge in [0.1, 0.15) is 6.10 Å². The molecule has 3 aliphatic heterocycles. The molecule has 154 valence electrons. The maximum absolute atomic E-state index is 13.0. The van der Waals surface area contributed by atoms with Crippen LogP contribution in [-0.2, 0) is 9.47 Å². The van der Waals surface area contributed by atoms with Gasteiger partial charge in [-0.25, -0.2) is 9.78 Å². The lowest BCUT2D eigenvalue weighted by Gasteiger charge is -2.36. The van der Waals surface area contributed by atoms with Crippen molar-refractivity contribution >= 4 is 6.03 Å². The van der Waals surface area contributed by atoms with Crippen LogP contribution in [-0.4, -0.2) is 85.5 Å². The maximum Gasteiger partial charge on any atom is 0.318 e. The summed E-state index contributed by atoms with van der Waals surface area (Å²) in [6, 6.07) is 4.35. The van der Waals surface area contributed by atoms with Crippen LogP contribution in [0.5, 0.6) is 5.88 Å². The van der Waals surface area contributed by atoms with Crippen molar-refractivity contribution in [2.24, 2.45) is 0 Å². The highest BCUT2D eigenvalue weighted by molar-refractivity contribution is 5.75. The number of carbonyl (C=O) groups is 1. The topological polar surface area (TPSA) is 76.2 Å². The quantitative estimate of drug-likeness (QED) is 0.838. The highest BCUT2D eigenvalue weighted by Gasteiger charge is 2.39. The van der Waals surface area contributed by atoms with Crippen molar-refractivity contribution in [3.8, 4) is 5.88 Å². The Morgan fingerprint density at radius 3 is 2.75 bits per heavy atom. The zero-order valence-electron chi connectivity index (χ0n) is 16.7. The molecule has 0 aromatic carbocycles. The van der Waals surface area contributed by atoms with Gasteiger partial charge in [0, 0.05) is 56.2 Å². The van der Waals surface area contributed by atoms with E-state index in [0.717, 1.165) is 51.3 Å². The Morgan fingerprint density at radius 1 is 1.21 bits per heavy atom. The normalized spacial score (nSPS) is 31.1. The van der Waals surface area contributed by atoms with Crippen molar-refractivity contribution in [3.05, 3.63) is 23.9 Å². The Bertz CT molecular complexity index is 665. The van der Waals surface area contributed by atoms with E-state index in [9.17, 15) is 4.79 Å². The molecule has 0 unspecified atom stereocenters. The van der Waals surface area contributed by atoms with Crippen LogP contribution in [0, 0.1) is 0 Å². The number of hydrogen-bond acceptors (Lipinski definition) is 6. The van der Waals surface area contributed by atoms with E-state index in [-0.39, 0.29) is 24.2 Å². The van der Waals surface area contributed by atoms with Crippen LogP contribution in [0.2, 0.25) is 0 Å². The Labute approximate surface area is 166 Å². The lowest BCUT2D eigenvalue weighted by atomic mass is 10.0. The molecule has 1 aromatic rings. The van der Waals surface area contributed by atoms with E-state index in [1.807, 2.05) is 17.0 Å². The van der Waals surface area contributed by atoms with Gasteiger partial charge in [0.05, 0.1) is 26.4 Å². The van der Waals surface area contributed by atoms with Crippen molar-refractivity contribution in [1.82, 2.24) is 20.1 Å². The molecule has 8 heteroatoms. The van der Waals surface area contributed by atoms with E-state index in [4.69, 9.17) is 14.2 Å². The number of amides is 2. The summed E-state index contributed by atoms with van der Waals surface area (Å²) in [6.07, 6.45) is 3.41. The van der Waals surface area contributed by atoms with Crippen molar-refractivity contribution < 1.29 is 19.0 Å². The summed E-state index contributed by atoms with van der Waals surface area (Å²) in [5.41, 5.74) is 0.962. The zero-order valence-corrected chi connectivity index (χ0v) is 16.7. The summed E-state index contributed by atoms with van der Waals surface area (Å²) in [5, 5.41) is 3.21. The monoisotopic (exact) mass is 390 g/mol. The van der Waals surface area contributed by atoms with E-state index in [1.54, 1.807) is 13.3 Å². The summed E-state index contributed by atoms with van der Waals surface area (Å²) < 4.78 is 16.5. The minimum Gasteiger partial charge on any atom is -0.481 e. The Balaban J connectivity index is 1.37. The molecule has 4 heterocycles. The van der Waals surface area contributed by atoms with Gasteiger partial charge in [-0.15, -0.1) is 0 Å². The van der Waals surface area contributed by atoms with E-state index >= 15 is 0 Å². The van der Waals surface area contributed by atoms with Crippen LogP contribution in [0.1, 0.15) is 31.4 Å². The van der Waals surface area contributed by atoms with Crippen LogP contribution < -0.4 is 10.1 Å². The van der Waals surface area contributed by atoms with Crippen molar-refractivity contribution in [3.63, 3.8) is 0 Å². The van der Waals surface area contributed by atoms with Crippen molar-refractivity contribution in [1.29, 1.82) is 0 Å². The molecule has 0 spiro atoms. The number of nitrogens with zero attached hydrogens (tertiary/aromatic N) is 3. The second kappa shape index (κ2) is 8.63. The minimum atomic E-state index is -0.171. The molecular formula is C20H30N4O4. The third-order valence-corrected chi connectivity index (χ3v) is 6.19. The molecule has 8 nitrogen and oxygen atoms in total. The molecule has 4 atom stereocenters. The highest BCUT2D eigenvalue weighted by Crippen LogP contribution is 2.30. The molecule has 3 aliphatic rings. The van der Waals surface area contributed by atoms with Gasteiger partial charge in [0.15, 0.2) is 0 Å². The standard InChI is InChI=1S/C20H30N4O4/c1-14-17(23-8-11-27-12-9-23)5-7-24(14)20(25)22-16-6-10-28-19(16)15-3-4-18(26-2)21-13-15/h3-4,13-14,16-17,19H,5-12H2,1-2H3,(H,22,25)/t14-,16+,17-,19-/m1/s1. The first kappa shape index (κ1) is 19.4. The van der Waals surface area contributed by atoms with Gasteiger partial charge in [-0.05, 0) is 25.8 Å². The lowest BCUT2D eigenvalue weighted by Crippen LogP contribution is -2.52. The summed E-state index contributed by atoms with van der Waals surface area (Å²) in [4.78, 5) is 21.7. The predicted octanol–water partition coefficient (Wildman–Crippen LogP) is 1.42. The number of ether oxygens (including phenoxy) is 3. The van der Waals surface area contributed by atoms with Gasteiger partial charge in [0.2, 0.25) is 5.88 Å². The fraction of sp³-hybridized carbons (Fsp3) is 0.700. The molecule has 1 aromatic heterocycles. The van der Waals surface area contributed by atoms with E-state index < -0.39 is 0 Å². The number of likely N-dealkylation sites (tertiary alicyclic amines) is 1. The molecule has 0 radical (unpaired) electrons. The number of rotatable bonds is 4. The fourth-order valence-electron chi connectivity index (χ4n) is 4.60. The third kappa shape index (κ3) is 3.94. The molecule has 0 aliphatic carbocycles. The molecule has 3 saturated heterocycles. The van der Waals surface area contributed by atoms with Crippen LogP contribution in [0.4, 0.5) is 4.79 Å². The third-order valence-electron chi connectivity index (χ3n) is 6.19. The summed E-state index contributed by atoms with van der Waals surface area (Å²) in [6.45, 7) is 7.05. The van der Waals surface area contributed by atoms with E-state index in [2.05, 4.69) is 22.1 Å². The highest BCUT2D eigenvalue weighted by atomic mass is 16.5. The van der Waals surface area contributed by atoms with Crippen LogP contribution >= 0.6 is 0 Å². The van der Waals surface area contributed by atoms with Gasteiger partial charge >= 0.3 is 6.03 Å². The van der Waals surface area contributed by atoms with Gasteiger partial charge in [-0.1, -0.05) is 0 Å². The molecular weight excluding hydrogens is 360 g/mol. The number of hydrogen-bond donors (Lipinski definition) is 1. The number of nitrogens with one attached hydrogen (secondary N) is 1. The number of morpholine rings is 1. The first-order chi connectivity index (χ1) is 13.7. The largest absolute Gasteiger partial charge is 0.481 e. The summed E-state index contributed by atoms with van der Waals surface area (Å²) in [5.74, 6) is 0.572. The zero-order chi connectivity index (χ0) is 19.5. The van der Waals surface area contributed by atoms with Crippen LogP contribution in [0.3, 0.4) is 0 Å². The molecule has 0 bridgehead atoms. The SMILES string of the molecule is COc1ccc([C@H]2OCC[C@@H]2NC(=O)N2CC[C@@H](N3CCOCC3)[C@H]2C)cn1. The number of urea groups is 1. The average Bonchev–Trinajstić information content (AvgIpc) is 3.35. The Morgan fingerprint density at radius 2 is 2.04 bits per heavy atom. The fourth-order valence-corrected chi connectivity index (χ4v) is 4.60. The number of aromatic nitrogens is 1. The van der Waals surface area contributed by atoms with Gasteiger partial charge in [-0.2, -0.15) is 0 Å². The van der Waals surface area contributed by atoms with Crippen LogP contribution in [0.15, 0.2) is 18.3 Å². The first-order valence-corrected chi connectivity index (χ1v) is 10.2. The number of methoxy groups -OCH3 is 1. The van der Waals surface area contributed by atoms with Crippen LogP contribution in [0.25, 0.3) is 0 Å². The van der Waals surface area contributed by atoms with Crippen molar-refractivity contribution in [2.45, 2.75) is 44.0 Å². The van der Waals surface area contributed by atoms with Crippen molar-refractivity contribution in [2.75, 3.05) is 46.6 Å². The molecule has 0 saturated carbocycles. The molecule has 4 rings (SSSR count). The lowest BCUT2D eigenvalue weighted by molar-refractivity contribution is 0.0117. The predicted molar refractivity (Wildman–Crippen MR) is 103 cm³/mol. The summed E-state index contributed by atoms with van der Waals surface area (Å²) in [7, 11) is 1.60. The second-order valence-electron chi connectivity index (χ2n) is 7.71. The number of carbonyl (C=O) groups excluding carboxylic acids is 1. The van der Waals surface area contributed by atoms with E-state index in [0.29, 0.717) is 18.5 Å². The minimum absolute atomic E-state index is 0.00484. The average molecular weight is 390 g/mol. The molecule has 1 N–H and O–H groups in total. The number of pyridine rings is 1. The van der Waals surface area contributed by atoms with Gasteiger partial charge in [-0.3, -0.25) is 4.90 Å². The molecule has 28 heavy (non-hydrogen) atoms. The maximum atomic E-state index is 13.0. The van der Waals surface area contributed by atoms with E-state index in [1.165, 1.54) is 0 Å². The van der Waals surface area contributed by atoms with Gasteiger partial charge < -0.3 is 24.4 Å². The Hall–Kier alpha value is -1.90. The summed E-state index contributed by atoms with van der Waals surface area (Å²) >= 11 is 0.